The number of amides is 2. The van der Waals surface area contributed by atoms with E-state index in [1.54, 1.807) is 11.8 Å². The first-order valence-electron chi connectivity index (χ1n) is 6.48. The zero-order valence-corrected chi connectivity index (χ0v) is 11.6. The lowest BCUT2D eigenvalue weighted by Gasteiger charge is -2.33. The maximum atomic E-state index is 11.7. The Morgan fingerprint density at radius 2 is 1.94 bits per heavy atom. The molecule has 0 aromatic heterocycles. The summed E-state index contributed by atoms with van der Waals surface area (Å²) in [6.07, 6.45) is 3.82. The molecule has 104 valence electrons. The number of carboxylic acids is 1. The van der Waals surface area contributed by atoms with Gasteiger partial charge in [-0.1, -0.05) is 26.2 Å². The van der Waals surface area contributed by atoms with Gasteiger partial charge >= 0.3 is 12.0 Å². The van der Waals surface area contributed by atoms with Gasteiger partial charge in [0.1, 0.15) is 5.54 Å². The van der Waals surface area contributed by atoms with Crippen LogP contribution in [-0.4, -0.2) is 40.7 Å². The van der Waals surface area contributed by atoms with Crippen molar-refractivity contribution in [2.24, 2.45) is 0 Å². The molecule has 0 aromatic carbocycles. The van der Waals surface area contributed by atoms with E-state index in [2.05, 4.69) is 17.6 Å². The summed E-state index contributed by atoms with van der Waals surface area (Å²) in [5.41, 5.74) is -1.06. The molecule has 0 aliphatic heterocycles. The minimum absolute atomic E-state index is 0.365. The first kappa shape index (κ1) is 15.1. The van der Waals surface area contributed by atoms with Crippen molar-refractivity contribution in [1.82, 2.24) is 10.6 Å². The number of nitrogens with one attached hydrogen (secondary N) is 2. The smallest absolute Gasteiger partial charge is 0.329 e. The van der Waals surface area contributed by atoms with E-state index in [1.165, 1.54) is 0 Å². The summed E-state index contributed by atoms with van der Waals surface area (Å²) in [4.78, 5) is 23.0. The van der Waals surface area contributed by atoms with E-state index in [0.29, 0.717) is 19.4 Å². The molecule has 0 atom stereocenters. The highest BCUT2D eigenvalue weighted by Crippen LogP contribution is 2.28. The number of carboxylic acid groups (broad SMARTS) is 1. The zero-order chi connectivity index (χ0) is 13.4. The Hall–Kier alpha value is -0.910. The molecule has 5 nitrogen and oxygen atoms in total. The Morgan fingerprint density at radius 3 is 2.50 bits per heavy atom. The van der Waals surface area contributed by atoms with Crippen LogP contribution in [0.25, 0.3) is 0 Å². The third-order valence-electron chi connectivity index (χ3n) is 3.21. The monoisotopic (exact) mass is 274 g/mol. The molecule has 2 amide bonds. The number of thioether (sulfide) groups is 1. The third kappa shape index (κ3) is 4.40. The summed E-state index contributed by atoms with van der Waals surface area (Å²) in [6, 6.07) is -0.365. The normalized spacial score (nSPS) is 18.1. The maximum absolute atomic E-state index is 11.7. The van der Waals surface area contributed by atoms with Crippen LogP contribution in [0, 0.1) is 0 Å². The van der Waals surface area contributed by atoms with Crippen molar-refractivity contribution < 1.29 is 14.7 Å². The summed E-state index contributed by atoms with van der Waals surface area (Å²) >= 11 is 1.74. The number of urea groups is 1. The average Bonchev–Trinajstić information content (AvgIpc) is 2.35. The van der Waals surface area contributed by atoms with Crippen molar-refractivity contribution in [1.29, 1.82) is 0 Å². The van der Waals surface area contributed by atoms with Gasteiger partial charge in [-0.3, -0.25) is 0 Å². The van der Waals surface area contributed by atoms with Gasteiger partial charge in [-0.25, -0.2) is 9.59 Å². The molecule has 1 saturated carbocycles. The molecule has 1 aliphatic carbocycles. The van der Waals surface area contributed by atoms with Crippen molar-refractivity contribution >= 4 is 23.8 Å². The second-order valence-corrected chi connectivity index (χ2v) is 5.92. The molecule has 0 saturated heterocycles. The fourth-order valence-electron chi connectivity index (χ4n) is 2.19. The molecule has 1 fully saturated rings. The molecule has 0 radical (unpaired) electrons. The van der Waals surface area contributed by atoms with Crippen LogP contribution in [0.1, 0.15) is 39.0 Å². The Balaban J connectivity index is 2.41. The van der Waals surface area contributed by atoms with E-state index in [0.717, 1.165) is 30.8 Å². The predicted molar refractivity (Wildman–Crippen MR) is 73.0 cm³/mol. The van der Waals surface area contributed by atoms with Gasteiger partial charge in [0.25, 0.3) is 0 Å². The van der Waals surface area contributed by atoms with Gasteiger partial charge in [0, 0.05) is 12.3 Å². The van der Waals surface area contributed by atoms with Gasteiger partial charge in [0.05, 0.1) is 0 Å². The number of hydrogen-bond donors (Lipinski definition) is 3. The fraction of sp³-hybridized carbons (Fsp3) is 0.833. The number of carbonyl (C=O) groups is 2. The largest absolute Gasteiger partial charge is 0.480 e. The minimum Gasteiger partial charge on any atom is -0.480 e. The molecule has 6 heteroatoms. The van der Waals surface area contributed by atoms with Crippen molar-refractivity contribution in [2.75, 3.05) is 18.1 Å². The standard InChI is InChI=1S/C12H22N2O3S/c1-2-18-9-8-13-11(17)14-12(10(15)16)6-4-3-5-7-12/h2-9H2,1H3,(H,15,16)(H2,13,14,17). The van der Waals surface area contributed by atoms with Gasteiger partial charge in [0.15, 0.2) is 0 Å². The van der Waals surface area contributed by atoms with Crippen molar-refractivity contribution in [3.63, 3.8) is 0 Å². The highest BCUT2D eigenvalue weighted by atomic mass is 32.2. The van der Waals surface area contributed by atoms with Gasteiger partial charge < -0.3 is 15.7 Å². The van der Waals surface area contributed by atoms with Gasteiger partial charge in [-0.15, -0.1) is 0 Å². The van der Waals surface area contributed by atoms with E-state index >= 15 is 0 Å². The Bertz CT molecular complexity index is 291. The van der Waals surface area contributed by atoms with Crippen LogP contribution in [-0.2, 0) is 4.79 Å². The van der Waals surface area contributed by atoms with E-state index in [1.807, 2.05) is 0 Å². The van der Waals surface area contributed by atoms with Crippen molar-refractivity contribution in [2.45, 2.75) is 44.6 Å². The van der Waals surface area contributed by atoms with E-state index in [9.17, 15) is 14.7 Å². The van der Waals surface area contributed by atoms with Gasteiger partial charge in [-0.05, 0) is 18.6 Å². The summed E-state index contributed by atoms with van der Waals surface area (Å²) in [7, 11) is 0. The van der Waals surface area contributed by atoms with Crippen LogP contribution < -0.4 is 10.6 Å². The lowest BCUT2D eigenvalue weighted by molar-refractivity contribution is -0.145. The van der Waals surface area contributed by atoms with Crippen LogP contribution >= 0.6 is 11.8 Å². The Kier molecular flexibility index (Phi) is 6.32. The fourth-order valence-corrected chi connectivity index (χ4v) is 2.73. The van der Waals surface area contributed by atoms with Crippen molar-refractivity contribution in [3.05, 3.63) is 0 Å². The Labute approximate surface area is 112 Å². The number of carbonyl (C=O) groups excluding carboxylic acids is 1. The molecule has 0 unspecified atom stereocenters. The molecule has 0 heterocycles. The molecule has 1 aliphatic rings. The molecule has 18 heavy (non-hydrogen) atoms. The zero-order valence-electron chi connectivity index (χ0n) is 10.8. The molecule has 3 N–H and O–H groups in total. The van der Waals surface area contributed by atoms with Crippen LogP contribution in [0.3, 0.4) is 0 Å². The second kappa shape index (κ2) is 7.51. The highest BCUT2D eigenvalue weighted by Gasteiger charge is 2.40. The SMILES string of the molecule is CCSCCNC(=O)NC1(C(=O)O)CCCCC1. The summed E-state index contributed by atoms with van der Waals surface area (Å²) < 4.78 is 0. The summed E-state index contributed by atoms with van der Waals surface area (Å²) in [5, 5.41) is 14.7. The molecule has 0 spiro atoms. The lowest BCUT2D eigenvalue weighted by Crippen LogP contribution is -2.58. The lowest BCUT2D eigenvalue weighted by atomic mass is 9.82. The molecule has 1 rings (SSSR count). The molecular weight excluding hydrogens is 252 g/mol. The summed E-state index contributed by atoms with van der Waals surface area (Å²) in [5.74, 6) is 0.951. The van der Waals surface area contributed by atoms with Crippen LogP contribution in [0.5, 0.6) is 0 Å². The van der Waals surface area contributed by atoms with Gasteiger partial charge in [-0.2, -0.15) is 11.8 Å². The van der Waals surface area contributed by atoms with Crippen molar-refractivity contribution in [3.8, 4) is 0 Å². The van der Waals surface area contributed by atoms with E-state index < -0.39 is 11.5 Å². The second-order valence-electron chi connectivity index (χ2n) is 4.53. The average molecular weight is 274 g/mol. The Morgan fingerprint density at radius 1 is 1.28 bits per heavy atom. The van der Waals surface area contributed by atoms with E-state index in [-0.39, 0.29) is 6.03 Å². The number of aliphatic carboxylic acids is 1. The van der Waals surface area contributed by atoms with Crippen LogP contribution in [0.4, 0.5) is 4.79 Å². The minimum atomic E-state index is -1.06. The number of rotatable bonds is 6. The van der Waals surface area contributed by atoms with Crippen LogP contribution in [0.2, 0.25) is 0 Å². The first-order valence-corrected chi connectivity index (χ1v) is 7.63. The molecule has 0 bridgehead atoms. The molecule has 0 aromatic rings. The van der Waals surface area contributed by atoms with E-state index in [4.69, 9.17) is 0 Å². The quantitative estimate of drug-likeness (QED) is 0.646. The third-order valence-corrected chi connectivity index (χ3v) is 4.11. The van der Waals surface area contributed by atoms with Gasteiger partial charge in [0.2, 0.25) is 0 Å². The first-order chi connectivity index (χ1) is 8.60. The molecular formula is C12H22N2O3S. The topological polar surface area (TPSA) is 78.4 Å². The highest BCUT2D eigenvalue weighted by molar-refractivity contribution is 7.99. The van der Waals surface area contributed by atoms with Crippen LogP contribution in [0.15, 0.2) is 0 Å². The summed E-state index contributed by atoms with van der Waals surface area (Å²) in [6.45, 7) is 2.63. The maximum Gasteiger partial charge on any atom is 0.329 e. The number of hydrogen-bond acceptors (Lipinski definition) is 3. The predicted octanol–water partition coefficient (Wildman–Crippen LogP) is 1.83.